The Balaban J connectivity index is 1.66. The van der Waals surface area contributed by atoms with Crippen LogP contribution in [0.5, 0.6) is 0 Å². The molecule has 0 radical (unpaired) electrons. The van der Waals surface area contributed by atoms with Crippen LogP contribution in [0, 0.1) is 11.7 Å². The van der Waals surface area contributed by atoms with Crippen LogP contribution in [0.15, 0.2) is 42.6 Å². The molecule has 1 aliphatic rings. The van der Waals surface area contributed by atoms with Crippen LogP contribution in [0.2, 0.25) is 0 Å². The first-order valence-corrected chi connectivity index (χ1v) is 10.8. The molecule has 3 rings (SSSR count). The lowest BCUT2D eigenvalue weighted by Crippen LogP contribution is -3.21. The van der Waals surface area contributed by atoms with Gasteiger partial charge in [-0.25, -0.2) is 4.39 Å². The Morgan fingerprint density at radius 2 is 1.93 bits per heavy atom. The molecule has 2 heterocycles. The molecule has 2 atom stereocenters. The quantitative estimate of drug-likeness (QED) is 0.521. The van der Waals surface area contributed by atoms with Crippen molar-refractivity contribution in [1.29, 1.82) is 0 Å². The van der Waals surface area contributed by atoms with Crippen LogP contribution >= 0.6 is 0 Å². The van der Waals surface area contributed by atoms with Gasteiger partial charge in [0.15, 0.2) is 0 Å². The van der Waals surface area contributed by atoms with E-state index in [2.05, 4.69) is 24.5 Å². The molecule has 0 spiro atoms. The first kappa shape index (κ1) is 22.0. The molecule has 2 aromatic rings. The fourth-order valence-corrected chi connectivity index (χ4v) is 3.89. The number of aliphatic hydroxyl groups excluding tert-OH is 1. The summed E-state index contributed by atoms with van der Waals surface area (Å²) < 4.78 is 21.7. The second-order valence-electron chi connectivity index (χ2n) is 8.52. The summed E-state index contributed by atoms with van der Waals surface area (Å²) in [5, 5.41) is 10.5. The average Bonchev–Trinajstić information content (AvgIpc) is 3.15. The van der Waals surface area contributed by atoms with Crippen LogP contribution in [0.3, 0.4) is 0 Å². The van der Waals surface area contributed by atoms with E-state index in [1.54, 1.807) is 11.0 Å². The lowest BCUT2D eigenvalue weighted by molar-refractivity contribution is -0.969. The minimum Gasteiger partial charge on any atom is -0.387 e. The van der Waals surface area contributed by atoms with Crippen molar-refractivity contribution < 1.29 is 24.0 Å². The number of halogens is 1. The van der Waals surface area contributed by atoms with E-state index in [-0.39, 0.29) is 17.8 Å². The van der Waals surface area contributed by atoms with Crippen LogP contribution in [-0.4, -0.2) is 61.7 Å². The molecule has 1 unspecified atom stereocenters. The summed E-state index contributed by atoms with van der Waals surface area (Å²) in [5.74, 6) is 0.0773. The Hall–Kier alpha value is -1.73. The molecular formula is C23H36FN3O2+2. The number of hydrogen-bond donors (Lipinski definition) is 3. The van der Waals surface area contributed by atoms with E-state index < -0.39 is 0 Å². The van der Waals surface area contributed by atoms with E-state index in [1.807, 2.05) is 24.4 Å². The zero-order valence-corrected chi connectivity index (χ0v) is 17.7. The van der Waals surface area contributed by atoms with Gasteiger partial charge in [0.1, 0.15) is 51.2 Å². The first-order valence-electron chi connectivity index (χ1n) is 10.8. The van der Waals surface area contributed by atoms with E-state index in [1.165, 1.54) is 16.7 Å². The van der Waals surface area contributed by atoms with Crippen LogP contribution in [-0.2, 0) is 17.8 Å². The lowest BCUT2D eigenvalue weighted by atomic mass is 10.1. The number of hydrogen-bond acceptors (Lipinski definition) is 2. The van der Waals surface area contributed by atoms with Gasteiger partial charge in [0, 0.05) is 11.8 Å². The fraction of sp³-hybridized carbons (Fsp3) is 0.565. The second kappa shape index (κ2) is 10.9. The Labute approximate surface area is 173 Å². The van der Waals surface area contributed by atoms with Crippen LogP contribution < -0.4 is 9.80 Å². The predicted octanol–water partition coefficient (Wildman–Crippen LogP) is -0.00760. The normalized spacial score (nSPS) is 17.6. The highest BCUT2D eigenvalue weighted by atomic mass is 19.1. The highest BCUT2D eigenvalue weighted by Gasteiger charge is 2.22. The molecule has 0 bridgehead atoms. The summed E-state index contributed by atoms with van der Waals surface area (Å²) in [7, 11) is 0. The van der Waals surface area contributed by atoms with Crippen LogP contribution in [0.1, 0.15) is 25.1 Å². The van der Waals surface area contributed by atoms with Gasteiger partial charge in [-0.05, 0) is 24.1 Å². The third-order valence-corrected chi connectivity index (χ3v) is 5.95. The third kappa shape index (κ3) is 6.64. The molecule has 1 aromatic heterocycles. The van der Waals surface area contributed by atoms with Gasteiger partial charge in [-0.2, -0.15) is 0 Å². The highest BCUT2D eigenvalue weighted by Crippen LogP contribution is 2.11. The average molecular weight is 406 g/mol. The topological polar surface area (TPSA) is 43.3 Å². The molecule has 1 aromatic carbocycles. The summed E-state index contributed by atoms with van der Waals surface area (Å²) >= 11 is 0. The van der Waals surface area contributed by atoms with Crippen LogP contribution in [0.25, 0.3) is 0 Å². The molecule has 29 heavy (non-hydrogen) atoms. The molecule has 5 nitrogen and oxygen atoms in total. The van der Waals surface area contributed by atoms with Gasteiger partial charge >= 0.3 is 0 Å². The van der Waals surface area contributed by atoms with Gasteiger partial charge in [0.2, 0.25) is 0 Å². The third-order valence-electron chi connectivity index (χ3n) is 5.95. The fourth-order valence-electron chi connectivity index (χ4n) is 3.89. The van der Waals surface area contributed by atoms with Crippen molar-refractivity contribution in [3.05, 3.63) is 59.7 Å². The summed E-state index contributed by atoms with van der Waals surface area (Å²) in [4.78, 5) is 2.95. The van der Waals surface area contributed by atoms with Crippen molar-refractivity contribution >= 4 is 0 Å². The number of aromatic nitrogens is 1. The largest absolute Gasteiger partial charge is 0.387 e. The number of nitrogens with one attached hydrogen (secondary N) is 2. The SMILES string of the molecule is CC(C)[C@@H](O)C[NH+](CC[NH+]1CCOCC1)Cc1cccn1Cc1ccccc1F. The number of quaternary nitrogens is 2. The smallest absolute Gasteiger partial charge is 0.128 e. The molecule has 0 amide bonds. The Morgan fingerprint density at radius 3 is 2.66 bits per heavy atom. The number of benzene rings is 1. The van der Waals surface area contributed by atoms with Crippen molar-refractivity contribution in [2.45, 2.75) is 33.0 Å². The Morgan fingerprint density at radius 1 is 1.17 bits per heavy atom. The monoisotopic (exact) mass is 405 g/mol. The van der Waals surface area contributed by atoms with Gasteiger partial charge in [0.05, 0.1) is 25.5 Å². The lowest BCUT2D eigenvalue weighted by Gasteiger charge is -2.28. The predicted molar refractivity (Wildman–Crippen MR) is 112 cm³/mol. The molecule has 160 valence electrons. The van der Waals surface area contributed by atoms with Crippen LogP contribution in [0.4, 0.5) is 4.39 Å². The highest BCUT2D eigenvalue weighted by molar-refractivity contribution is 5.19. The number of morpholine rings is 1. The minimum atomic E-state index is -0.320. The van der Waals surface area contributed by atoms with Gasteiger partial charge in [0.25, 0.3) is 0 Å². The zero-order valence-electron chi connectivity index (χ0n) is 17.7. The molecule has 1 aliphatic heterocycles. The minimum absolute atomic E-state index is 0.164. The van der Waals surface area contributed by atoms with Crippen molar-refractivity contribution in [2.75, 3.05) is 45.9 Å². The number of ether oxygens (including phenoxy) is 1. The molecule has 0 saturated carbocycles. The van der Waals surface area contributed by atoms with Gasteiger partial charge < -0.3 is 24.2 Å². The summed E-state index contributed by atoms with van der Waals surface area (Å²) in [6, 6.07) is 11.1. The maximum atomic E-state index is 14.1. The summed E-state index contributed by atoms with van der Waals surface area (Å²) in [6.07, 6.45) is 1.70. The van der Waals surface area contributed by atoms with E-state index >= 15 is 0 Å². The maximum absolute atomic E-state index is 14.1. The number of nitrogens with zero attached hydrogens (tertiary/aromatic N) is 1. The molecule has 1 saturated heterocycles. The van der Waals surface area contributed by atoms with Gasteiger partial charge in [-0.15, -0.1) is 0 Å². The molecule has 6 heteroatoms. The van der Waals surface area contributed by atoms with Crippen molar-refractivity contribution in [3.63, 3.8) is 0 Å². The second-order valence-corrected chi connectivity index (χ2v) is 8.52. The van der Waals surface area contributed by atoms with Crippen molar-refractivity contribution in [1.82, 2.24) is 4.57 Å². The van der Waals surface area contributed by atoms with E-state index in [0.717, 1.165) is 52.5 Å². The van der Waals surface area contributed by atoms with E-state index in [0.29, 0.717) is 12.1 Å². The summed E-state index contributed by atoms with van der Waals surface area (Å²) in [6.45, 7) is 12.1. The van der Waals surface area contributed by atoms with Crippen molar-refractivity contribution in [2.24, 2.45) is 5.92 Å². The van der Waals surface area contributed by atoms with E-state index in [4.69, 9.17) is 4.74 Å². The summed E-state index contributed by atoms with van der Waals surface area (Å²) in [5.41, 5.74) is 1.88. The van der Waals surface area contributed by atoms with Crippen molar-refractivity contribution in [3.8, 4) is 0 Å². The molecular weight excluding hydrogens is 369 g/mol. The molecule has 3 N–H and O–H groups in total. The standard InChI is InChI=1S/C23H34FN3O2/c1-19(2)23(28)18-26(11-10-25-12-14-29-15-13-25)17-21-7-5-9-27(21)16-20-6-3-4-8-22(20)24/h3-9,19,23,28H,10-18H2,1-2H3/p+2/t23-/m0/s1. The maximum Gasteiger partial charge on any atom is 0.128 e. The number of rotatable bonds is 10. The Bertz CT molecular complexity index is 743. The zero-order chi connectivity index (χ0) is 20.6. The molecule has 0 aliphatic carbocycles. The Kier molecular flexibility index (Phi) is 8.24. The van der Waals surface area contributed by atoms with E-state index in [9.17, 15) is 9.50 Å². The number of aliphatic hydroxyl groups is 1. The van der Waals surface area contributed by atoms with Gasteiger partial charge in [-0.3, -0.25) is 0 Å². The molecule has 1 fully saturated rings. The first-order chi connectivity index (χ1) is 14.0. The van der Waals surface area contributed by atoms with Gasteiger partial charge in [-0.1, -0.05) is 32.0 Å².